The standard InChI is InChI=1S/C31H46F2N4O5S.2ClH/c1-5-7-13-43(41,42)21-28(35-30(39)11-12-37(3)4)31(40)36-27(17-24-15-25(32)18-26(33)16-24)29(38)20-34-19-23-10-8-9-22(6-2)14-23;;/h8-10,14-16,18,27-29,34,38H,5-7,11-13,17,19-21H2,1-4H3,(H,35,39)(H,36,40);2*1H/t27-,28+,29+;;/m0../s1. The quantitative estimate of drug-likeness (QED) is 0.178. The monoisotopic (exact) mass is 696 g/mol. The highest BCUT2D eigenvalue weighted by molar-refractivity contribution is 7.91. The number of unbranched alkanes of at least 4 members (excludes halogenated alkanes) is 1. The van der Waals surface area contributed by atoms with Crippen LogP contribution >= 0.6 is 24.8 Å². The molecule has 14 heteroatoms. The van der Waals surface area contributed by atoms with Gasteiger partial charge in [-0.05, 0) is 62.2 Å². The SMILES string of the molecule is CCCCS(=O)(=O)C[C@@H](NC(=O)CCN(C)C)C(=O)N[C@@H](Cc1cc(F)cc(F)c1)[C@H](O)CNCc1cccc(CC)c1.Cl.Cl. The van der Waals surface area contributed by atoms with Gasteiger partial charge in [0.2, 0.25) is 11.8 Å². The number of carbonyl (C=O) groups is 2. The van der Waals surface area contributed by atoms with Gasteiger partial charge in [-0.1, -0.05) is 44.5 Å². The van der Waals surface area contributed by atoms with E-state index in [0.29, 0.717) is 25.9 Å². The van der Waals surface area contributed by atoms with Gasteiger partial charge in [0.05, 0.1) is 23.7 Å². The van der Waals surface area contributed by atoms with E-state index < -0.39 is 57.2 Å². The molecule has 0 aliphatic heterocycles. The highest BCUT2D eigenvalue weighted by atomic mass is 35.5. The third kappa shape index (κ3) is 16.7. The van der Waals surface area contributed by atoms with Crippen molar-refractivity contribution in [3.8, 4) is 0 Å². The van der Waals surface area contributed by atoms with Crippen molar-refractivity contribution in [3.05, 3.63) is 70.8 Å². The average Bonchev–Trinajstić information content (AvgIpc) is 2.93. The molecule has 0 heterocycles. The number of rotatable bonds is 19. The first kappa shape index (κ1) is 42.6. The number of carbonyl (C=O) groups excluding carboxylic acids is 2. The number of nitrogens with one attached hydrogen (secondary N) is 3. The van der Waals surface area contributed by atoms with Crippen LogP contribution in [0.2, 0.25) is 0 Å². The number of aliphatic hydroxyl groups is 1. The Kier molecular flexibility index (Phi) is 20.3. The van der Waals surface area contributed by atoms with Crippen LogP contribution in [-0.2, 0) is 38.8 Å². The molecule has 9 nitrogen and oxygen atoms in total. The molecular formula is C31H48Cl2F2N4O5S. The van der Waals surface area contributed by atoms with E-state index in [9.17, 15) is 31.9 Å². The lowest BCUT2D eigenvalue weighted by Gasteiger charge is -2.27. The molecule has 256 valence electrons. The van der Waals surface area contributed by atoms with Crippen molar-refractivity contribution in [1.82, 2.24) is 20.9 Å². The fraction of sp³-hybridized carbons (Fsp3) is 0.548. The van der Waals surface area contributed by atoms with Crippen LogP contribution in [0.5, 0.6) is 0 Å². The number of hydrogen-bond acceptors (Lipinski definition) is 7. The lowest BCUT2D eigenvalue weighted by atomic mass is 10.00. The summed E-state index contributed by atoms with van der Waals surface area (Å²) in [6.07, 6.45) is 0.605. The topological polar surface area (TPSA) is 128 Å². The maximum absolute atomic E-state index is 14.0. The summed E-state index contributed by atoms with van der Waals surface area (Å²) in [6, 6.07) is 8.40. The highest BCUT2D eigenvalue weighted by Crippen LogP contribution is 2.13. The van der Waals surface area contributed by atoms with Crippen LogP contribution in [0.3, 0.4) is 0 Å². The Hall–Kier alpha value is -2.35. The second-order valence-corrected chi connectivity index (χ2v) is 13.3. The summed E-state index contributed by atoms with van der Waals surface area (Å²) in [7, 11) is -0.141. The van der Waals surface area contributed by atoms with Gasteiger partial charge in [0.15, 0.2) is 9.84 Å². The van der Waals surface area contributed by atoms with Crippen LogP contribution in [0, 0.1) is 11.6 Å². The minimum atomic E-state index is -3.70. The summed E-state index contributed by atoms with van der Waals surface area (Å²) in [5.74, 6) is -3.68. The fourth-order valence-corrected chi connectivity index (χ4v) is 6.13. The van der Waals surface area contributed by atoms with E-state index in [2.05, 4.69) is 16.0 Å². The normalized spacial score (nSPS) is 13.2. The zero-order chi connectivity index (χ0) is 32.0. The number of halogens is 4. The molecular weight excluding hydrogens is 649 g/mol. The van der Waals surface area contributed by atoms with Crippen LogP contribution in [-0.4, -0.2) is 87.1 Å². The first-order chi connectivity index (χ1) is 20.3. The van der Waals surface area contributed by atoms with Gasteiger partial charge in [-0.3, -0.25) is 9.59 Å². The van der Waals surface area contributed by atoms with Crippen molar-refractivity contribution >= 4 is 46.5 Å². The minimum Gasteiger partial charge on any atom is -0.390 e. The molecule has 2 amide bonds. The lowest BCUT2D eigenvalue weighted by molar-refractivity contribution is -0.129. The molecule has 2 rings (SSSR count). The molecule has 2 aromatic carbocycles. The maximum Gasteiger partial charge on any atom is 0.243 e. The molecule has 0 aliphatic rings. The highest BCUT2D eigenvalue weighted by Gasteiger charge is 2.31. The summed E-state index contributed by atoms with van der Waals surface area (Å²) < 4.78 is 53.5. The van der Waals surface area contributed by atoms with E-state index in [1.807, 2.05) is 38.1 Å². The van der Waals surface area contributed by atoms with E-state index in [0.717, 1.165) is 35.7 Å². The average molecular weight is 698 g/mol. The Morgan fingerprint density at radius 1 is 0.956 bits per heavy atom. The first-order valence-electron chi connectivity index (χ1n) is 14.7. The van der Waals surface area contributed by atoms with Gasteiger partial charge in [-0.15, -0.1) is 24.8 Å². The van der Waals surface area contributed by atoms with Gasteiger partial charge in [0, 0.05) is 32.1 Å². The van der Waals surface area contributed by atoms with E-state index in [1.54, 1.807) is 19.0 Å². The zero-order valence-corrected chi connectivity index (χ0v) is 28.8. The summed E-state index contributed by atoms with van der Waals surface area (Å²) >= 11 is 0. The molecule has 2 aromatic rings. The molecule has 0 fully saturated rings. The Balaban J connectivity index is 0.00000968. The van der Waals surface area contributed by atoms with E-state index in [4.69, 9.17) is 0 Å². The molecule has 0 aliphatic carbocycles. The smallest absolute Gasteiger partial charge is 0.243 e. The number of sulfone groups is 1. The number of benzene rings is 2. The Morgan fingerprint density at radius 3 is 2.20 bits per heavy atom. The molecule has 0 radical (unpaired) electrons. The van der Waals surface area contributed by atoms with Crippen molar-refractivity contribution in [2.75, 3.05) is 38.7 Å². The number of nitrogens with zero attached hydrogens (tertiary/aromatic N) is 1. The maximum atomic E-state index is 14.0. The van der Waals surface area contributed by atoms with Crippen molar-refractivity contribution in [2.45, 2.75) is 70.7 Å². The Bertz CT molecular complexity index is 1280. The van der Waals surface area contributed by atoms with Gasteiger partial charge in [-0.25, -0.2) is 17.2 Å². The van der Waals surface area contributed by atoms with Gasteiger partial charge in [0.25, 0.3) is 0 Å². The van der Waals surface area contributed by atoms with Crippen LogP contribution in [0.25, 0.3) is 0 Å². The Labute approximate surface area is 278 Å². The van der Waals surface area contributed by atoms with Gasteiger partial charge < -0.3 is 26.0 Å². The third-order valence-electron chi connectivity index (χ3n) is 6.92. The van der Waals surface area contributed by atoms with E-state index in [1.165, 1.54) is 0 Å². The Morgan fingerprint density at radius 2 is 1.60 bits per heavy atom. The van der Waals surface area contributed by atoms with Crippen LogP contribution in [0.15, 0.2) is 42.5 Å². The van der Waals surface area contributed by atoms with E-state index in [-0.39, 0.29) is 55.5 Å². The molecule has 4 N–H and O–H groups in total. The lowest BCUT2D eigenvalue weighted by Crippen LogP contribution is -2.56. The molecule has 0 aromatic heterocycles. The summed E-state index contributed by atoms with van der Waals surface area (Å²) in [4.78, 5) is 27.9. The van der Waals surface area contributed by atoms with Gasteiger partial charge in [-0.2, -0.15) is 0 Å². The van der Waals surface area contributed by atoms with Crippen LogP contribution in [0.4, 0.5) is 8.78 Å². The first-order valence-corrected chi connectivity index (χ1v) is 16.5. The molecule has 0 saturated heterocycles. The predicted octanol–water partition coefficient (Wildman–Crippen LogP) is 3.20. The summed E-state index contributed by atoms with van der Waals surface area (Å²) in [6.45, 7) is 4.74. The number of aryl methyl sites for hydroxylation is 1. The molecule has 45 heavy (non-hydrogen) atoms. The fourth-order valence-electron chi connectivity index (χ4n) is 4.49. The second-order valence-electron chi connectivity index (χ2n) is 11.1. The molecule has 3 atom stereocenters. The molecule has 0 spiro atoms. The number of amides is 2. The van der Waals surface area contributed by atoms with Gasteiger partial charge >= 0.3 is 0 Å². The molecule has 0 saturated carbocycles. The van der Waals surface area contributed by atoms with Crippen LogP contribution in [0.1, 0.15) is 49.8 Å². The third-order valence-corrected chi connectivity index (χ3v) is 8.67. The van der Waals surface area contributed by atoms with E-state index >= 15 is 0 Å². The zero-order valence-electron chi connectivity index (χ0n) is 26.4. The number of hydrogen-bond donors (Lipinski definition) is 4. The van der Waals surface area contributed by atoms with Crippen LogP contribution < -0.4 is 16.0 Å². The molecule has 0 bridgehead atoms. The predicted molar refractivity (Wildman–Crippen MR) is 179 cm³/mol. The number of aliphatic hydroxyl groups excluding tert-OH is 1. The summed E-state index contributed by atoms with van der Waals surface area (Å²) in [5.41, 5.74) is 2.35. The summed E-state index contributed by atoms with van der Waals surface area (Å²) in [5, 5.41) is 19.5. The second kappa shape index (κ2) is 21.4. The van der Waals surface area contributed by atoms with Crippen molar-refractivity contribution < 1.29 is 31.9 Å². The molecule has 0 unspecified atom stereocenters. The van der Waals surface area contributed by atoms with Crippen molar-refractivity contribution in [2.24, 2.45) is 0 Å². The van der Waals surface area contributed by atoms with Crippen molar-refractivity contribution in [3.63, 3.8) is 0 Å². The van der Waals surface area contributed by atoms with Crippen molar-refractivity contribution in [1.29, 1.82) is 0 Å². The largest absolute Gasteiger partial charge is 0.390 e. The van der Waals surface area contributed by atoms with Gasteiger partial charge in [0.1, 0.15) is 17.7 Å². The minimum absolute atomic E-state index is 0.